The third-order valence-electron chi connectivity index (χ3n) is 4.62. The highest BCUT2D eigenvalue weighted by Gasteiger charge is 2.50. The Bertz CT molecular complexity index is 1040. The maximum atomic E-state index is 12.2. The van der Waals surface area contributed by atoms with Gasteiger partial charge in [0.1, 0.15) is 11.1 Å². The molecule has 124 valence electrons. The third kappa shape index (κ3) is 2.65. The molecule has 6 heteroatoms. The van der Waals surface area contributed by atoms with E-state index in [0.717, 1.165) is 22.2 Å². The highest BCUT2D eigenvalue weighted by atomic mass is 35.5. The van der Waals surface area contributed by atoms with Gasteiger partial charge in [-0.25, -0.2) is 4.98 Å². The van der Waals surface area contributed by atoms with E-state index in [9.17, 15) is 4.79 Å². The number of amides is 1. The maximum Gasteiger partial charge on any atom is 0.244 e. The summed E-state index contributed by atoms with van der Waals surface area (Å²) in [4.78, 5) is 16.7. The molecule has 4 rings (SSSR count). The Morgan fingerprint density at radius 2 is 2.16 bits per heavy atom. The first-order chi connectivity index (χ1) is 12.0. The Balaban J connectivity index is 1.66. The molecule has 2 heterocycles. The SMILES string of the molecule is Cn1cc(Cl)c2cc(-c3cccc(NC(=O)C4(C#N)CC4)c3)cnc21. The van der Waals surface area contributed by atoms with E-state index in [-0.39, 0.29) is 5.91 Å². The van der Waals surface area contributed by atoms with Crippen LogP contribution in [0, 0.1) is 16.7 Å². The van der Waals surface area contributed by atoms with Crippen molar-refractivity contribution in [1.29, 1.82) is 5.26 Å². The summed E-state index contributed by atoms with van der Waals surface area (Å²) in [6.45, 7) is 0. The predicted octanol–water partition coefficient (Wildman–Crippen LogP) is 4.14. The minimum Gasteiger partial charge on any atom is -0.334 e. The van der Waals surface area contributed by atoms with Crippen molar-refractivity contribution < 1.29 is 4.79 Å². The second kappa shape index (κ2) is 5.61. The fraction of sp³-hybridized carbons (Fsp3) is 0.211. The van der Waals surface area contributed by atoms with E-state index >= 15 is 0 Å². The number of halogens is 1. The minimum absolute atomic E-state index is 0.230. The van der Waals surface area contributed by atoms with Gasteiger partial charge in [-0.3, -0.25) is 4.79 Å². The summed E-state index contributed by atoms with van der Waals surface area (Å²) in [7, 11) is 1.90. The number of anilines is 1. The molecule has 0 atom stereocenters. The van der Waals surface area contributed by atoms with Crippen LogP contribution < -0.4 is 5.32 Å². The number of hydrogen-bond donors (Lipinski definition) is 1. The van der Waals surface area contributed by atoms with Crippen molar-refractivity contribution in [3.8, 4) is 17.2 Å². The van der Waals surface area contributed by atoms with Crippen LogP contribution in [-0.4, -0.2) is 15.5 Å². The van der Waals surface area contributed by atoms with Gasteiger partial charge in [-0.15, -0.1) is 0 Å². The van der Waals surface area contributed by atoms with E-state index in [1.165, 1.54) is 0 Å². The Hall–Kier alpha value is -2.84. The van der Waals surface area contributed by atoms with Crippen molar-refractivity contribution in [1.82, 2.24) is 9.55 Å². The van der Waals surface area contributed by atoms with Crippen LogP contribution in [0.25, 0.3) is 22.2 Å². The summed E-state index contributed by atoms with van der Waals surface area (Å²) in [6.07, 6.45) is 4.87. The first-order valence-corrected chi connectivity index (χ1v) is 8.34. The van der Waals surface area contributed by atoms with Gasteiger partial charge >= 0.3 is 0 Å². The summed E-state index contributed by atoms with van der Waals surface area (Å²) in [5.74, 6) is -0.230. The van der Waals surface area contributed by atoms with Crippen LogP contribution >= 0.6 is 11.6 Å². The average molecular weight is 351 g/mol. The number of nitrogens with one attached hydrogen (secondary N) is 1. The highest BCUT2D eigenvalue weighted by molar-refractivity contribution is 6.35. The van der Waals surface area contributed by atoms with Gasteiger partial charge in [-0.05, 0) is 36.6 Å². The first kappa shape index (κ1) is 15.7. The number of rotatable bonds is 3. The largest absolute Gasteiger partial charge is 0.334 e. The molecule has 1 amide bonds. The van der Waals surface area contributed by atoms with Crippen molar-refractivity contribution in [3.63, 3.8) is 0 Å². The molecule has 1 saturated carbocycles. The predicted molar refractivity (Wildman–Crippen MR) is 97.1 cm³/mol. The monoisotopic (exact) mass is 350 g/mol. The molecule has 0 saturated heterocycles. The average Bonchev–Trinajstić information content (AvgIpc) is 3.37. The number of aromatic nitrogens is 2. The number of carbonyl (C=O) groups excluding carboxylic acids is 1. The molecule has 0 aliphatic heterocycles. The van der Waals surface area contributed by atoms with E-state index in [4.69, 9.17) is 16.9 Å². The van der Waals surface area contributed by atoms with Gasteiger partial charge in [0.05, 0.1) is 11.1 Å². The van der Waals surface area contributed by atoms with Gasteiger partial charge in [-0.1, -0.05) is 23.7 Å². The number of hydrogen-bond acceptors (Lipinski definition) is 3. The highest BCUT2D eigenvalue weighted by Crippen LogP contribution is 2.45. The molecule has 0 unspecified atom stereocenters. The third-order valence-corrected chi connectivity index (χ3v) is 4.92. The molecule has 25 heavy (non-hydrogen) atoms. The number of carbonyl (C=O) groups is 1. The van der Waals surface area contributed by atoms with Crippen LogP contribution in [0.4, 0.5) is 5.69 Å². The number of pyridine rings is 1. The van der Waals surface area contributed by atoms with Crippen molar-refractivity contribution in [2.75, 3.05) is 5.32 Å². The first-order valence-electron chi connectivity index (χ1n) is 7.96. The normalized spacial score (nSPS) is 14.9. The van der Waals surface area contributed by atoms with Crippen LogP contribution in [0.15, 0.2) is 42.7 Å². The lowest BCUT2D eigenvalue weighted by Gasteiger charge is -2.10. The fourth-order valence-electron chi connectivity index (χ4n) is 2.91. The molecule has 1 aliphatic carbocycles. The van der Waals surface area contributed by atoms with Crippen LogP contribution in [0.1, 0.15) is 12.8 Å². The summed E-state index contributed by atoms with van der Waals surface area (Å²) >= 11 is 6.26. The topological polar surface area (TPSA) is 70.7 Å². The summed E-state index contributed by atoms with van der Waals surface area (Å²) in [5, 5.41) is 13.5. The molecule has 0 bridgehead atoms. The Morgan fingerprint density at radius 3 is 2.88 bits per heavy atom. The molecular formula is C19H15ClN4O. The van der Waals surface area contributed by atoms with Crippen molar-refractivity contribution >= 4 is 34.2 Å². The van der Waals surface area contributed by atoms with E-state index in [1.54, 1.807) is 6.20 Å². The van der Waals surface area contributed by atoms with Crippen LogP contribution in [0.3, 0.4) is 0 Å². The Labute approximate surface area is 149 Å². The summed E-state index contributed by atoms with van der Waals surface area (Å²) in [6, 6.07) is 11.6. The smallest absolute Gasteiger partial charge is 0.244 e. The number of benzene rings is 1. The van der Waals surface area contributed by atoms with Crippen molar-refractivity contribution in [3.05, 3.63) is 47.7 Å². The van der Waals surface area contributed by atoms with E-state index in [0.29, 0.717) is 23.6 Å². The lowest BCUT2D eigenvalue weighted by Crippen LogP contribution is -2.22. The number of aryl methyl sites for hydroxylation is 1. The van der Waals surface area contributed by atoms with Crippen LogP contribution in [0.2, 0.25) is 5.02 Å². The zero-order valence-corrected chi connectivity index (χ0v) is 14.3. The molecule has 1 N–H and O–H groups in total. The molecule has 0 radical (unpaired) electrons. The van der Waals surface area contributed by atoms with E-state index in [1.807, 2.05) is 48.1 Å². The Kier molecular flexibility index (Phi) is 3.52. The molecule has 0 spiro atoms. The summed E-state index contributed by atoms with van der Waals surface area (Å²) < 4.78 is 1.88. The van der Waals surface area contributed by atoms with Gasteiger partial charge < -0.3 is 9.88 Å². The molecule has 1 aromatic carbocycles. The molecule has 1 fully saturated rings. The van der Waals surface area contributed by atoms with Crippen molar-refractivity contribution in [2.45, 2.75) is 12.8 Å². The second-order valence-electron chi connectivity index (χ2n) is 6.41. The quantitative estimate of drug-likeness (QED) is 0.771. The van der Waals surface area contributed by atoms with Crippen molar-refractivity contribution in [2.24, 2.45) is 12.5 Å². The number of nitrogens with zero attached hydrogens (tertiary/aromatic N) is 3. The molecule has 3 aromatic rings. The standard InChI is InChI=1S/C19H15ClN4O/c1-24-10-16(20)15-8-13(9-22-17(15)24)12-3-2-4-14(7-12)23-18(25)19(11-21)5-6-19/h2-4,7-10H,5-6H2,1H3,(H,23,25). The fourth-order valence-corrected chi connectivity index (χ4v) is 3.20. The molecule has 5 nitrogen and oxygen atoms in total. The van der Waals surface area contributed by atoms with Gasteiger partial charge in [0.15, 0.2) is 0 Å². The van der Waals surface area contributed by atoms with E-state index < -0.39 is 5.41 Å². The van der Waals surface area contributed by atoms with Gasteiger partial charge in [0.2, 0.25) is 5.91 Å². The van der Waals surface area contributed by atoms with Gasteiger partial charge in [0.25, 0.3) is 0 Å². The van der Waals surface area contributed by atoms with E-state index in [2.05, 4.69) is 16.4 Å². The van der Waals surface area contributed by atoms with Crippen LogP contribution in [-0.2, 0) is 11.8 Å². The van der Waals surface area contributed by atoms with Gasteiger partial charge in [0, 0.05) is 36.1 Å². The minimum atomic E-state index is -0.839. The van der Waals surface area contributed by atoms with Crippen LogP contribution in [0.5, 0.6) is 0 Å². The second-order valence-corrected chi connectivity index (χ2v) is 6.82. The molecular weight excluding hydrogens is 336 g/mol. The van der Waals surface area contributed by atoms with Gasteiger partial charge in [-0.2, -0.15) is 5.26 Å². The summed E-state index contributed by atoms with van der Waals surface area (Å²) in [5.41, 5.74) is 2.49. The Morgan fingerprint density at radius 1 is 1.36 bits per heavy atom. The molecule has 1 aliphatic rings. The lowest BCUT2D eigenvalue weighted by atomic mass is 10.1. The maximum absolute atomic E-state index is 12.2. The lowest BCUT2D eigenvalue weighted by molar-refractivity contribution is -0.119. The number of nitriles is 1. The molecule has 2 aromatic heterocycles. The zero-order chi connectivity index (χ0) is 17.6. The number of fused-ring (bicyclic) bond motifs is 1. The zero-order valence-electron chi connectivity index (χ0n) is 13.6.